The quantitative estimate of drug-likeness (QED) is 0.661. The molecule has 0 aromatic heterocycles. The summed E-state index contributed by atoms with van der Waals surface area (Å²) in [7, 11) is 0. The van der Waals surface area contributed by atoms with Crippen LogP contribution in [0.2, 0.25) is 0 Å². The molecule has 1 aromatic carbocycles. The standard InChI is InChI=1S/C9H9FO4/c10-7-2-1-5(4-11)3-6(7)8(12)9(13)14/h1-3,8,11-12H,4H2,(H,13,14). The molecule has 1 atom stereocenters. The molecule has 1 aromatic rings. The molecule has 4 nitrogen and oxygen atoms in total. The summed E-state index contributed by atoms with van der Waals surface area (Å²) < 4.78 is 13.0. The van der Waals surface area contributed by atoms with Gasteiger partial charge in [0.25, 0.3) is 0 Å². The number of halogens is 1. The Morgan fingerprint density at radius 2 is 2.14 bits per heavy atom. The van der Waals surface area contributed by atoms with Crippen molar-refractivity contribution in [1.29, 1.82) is 0 Å². The number of benzene rings is 1. The lowest BCUT2D eigenvalue weighted by atomic mass is 10.1. The summed E-state index contributed by atoms with van der Waals surface area (Å²) in [6.45, 7) is -0.334. The Morgan fingerprint density at radius 1 is 1.50 bits per heavy atom. The van der Waals surface area contributed by atoms with Crippen molar-refractivity contribution in [3.8, 4) is 0 Å². The highest BCUT2D eigenvalue weighted by molar-refractivity contribution is 5.74. The van der Waals surface area contributed by atoms with Crippen LogP contribution in [0.4, 0.5) is 4.39 Å². The molecule has 76 valence electrons. The smallest absolute Gasteiger partial charge is 0.337 e. The lowest BCUT2D eigenvalue weighted by Crippen LogP contribution is -2.12. The topological polar surface area (TPSA) is 77.8 Å². The van der Waals surface area contributed by atoms with E-state index in [4.69, 9.17) is 15.3 Å². The van der Waals surface area contributed by atoms with Crippen LogP contribution in [0.15, 0.2) is 18.2 Å². The van der Waals surface area contributed by atoms with E-state index in [1.54, 1.807) is 0 Å². The normalized spacial score (nSPS) is 12.5. The molecule has 0 aliphatic rings. The molecule has 0 spiro atoms. The molecule has 0 radical (unpaired) electrons. The monoisotopic (exact) mass is 200 g/mol. The first-order valence-corrected chi connectivity index (χ1v) is 3.86. The second kappa shape index (κ2) is 4.17. The minimum absolute atomic E-state index is 0.334. The van der Waals surface area contributed by atoms with Crippen LogP contribution >= 0.6 is 0 Å². The van der Waals surface area contributed by atoms with Crippen molar-refractivity contribution >= 4 is 5.97 Å². The molecule has 1 unspecified atom stereocenters. The second-order valence-corrected chi connectivity index (χ2v) is 2.75. The maximum atomic E-state index is 13.0. The Hall–Kier alpha value is -1.46. The Kier molecular flexibility index (Phi) is 3.16. The fourth-order valence-electron chi connectivity index (χ4n) is 1.03. The Morgan fingerprint density at radius 3 is 2.64 bits per heavy atom. The second-order valence-electron chi connectivity index (χ2n) is 2.75. The van der Waals surface area contributed by atoms with E-state index in [-0.39, 0.29) is 12.2 Å². The lowest BCUT2D eigenvalue weighted by molar-refractivity contribution is -0.147. The zero-order chi connectivity index (χ0) is 10.7. The summed E-state index contributed by atoms with van der Waals surface area (Å²) in [5.74, 6) is -2.34. The fourth-order valence-corrected chi connectivity index (χ4v) is 1.03. The lowest BCUT2D eigenvalue weighted by Gasteiger charge is -2.08. The van der Waals surface area contributed by atoms with Crippen LogP contribution in [-0.2, 0) is 11.4 Å². The zero-order valence-corrected chi connectivity index (χ0v) is 7.14. The zero-order valence-electron chi connectivity index (χ0n) is 7.14. The highest BCUT2D eigenvalue weighted by Gasteiger charge is 2.19. The fraction of sp³-hybridized carbons (Fsp3) is 0.222. The first-order chi connectivity index (χ1) is 6.56. The number of carboxylic acid groups (broad SMARTS) is 1. The van der Waals surface area contributed by atoms with Gasteiger partial charge in [0.15, 0.2) is 6.10 Å². The van der Waals surface area contributed by atoms with E-state index in [2.05, 4.69) is 0 Å². The van der Waals surface area contributed by atoms with E-state index in [1.165, 1.54) is 6.07 Å². The van der Waals surface area contributed by atoms with Gasteiger partial charge in [-0.05, 0) is 17.7 Å². The molecule has 1 rings (SSSR count). The molecule has 0 aliphatic carbocycles. The van der Waals surface area contributed by atoms with Gasteiger partial charge in [-0.2, -0.15) is 0 Å². The van der Waals surface area contributed by atoms with E-state index in [0.29, 0.717) is 5.56 Å². The van der Waals surface area contributed by atoms with E-state index in [1.807, 2.05) is 0 Å². The van der Waals surface area contributed by atoms with Gasteiger partial charge in [0, 0.05) is 5.56 Å². The Bertz CT molecular complexity index is 351. The van der Waals surface area contributed by atoms with E-state index in [0.717, 1.165) is 12.1 Å². The predicted octanol–water partition coefficient (Wildman–Crippen LogP) is 0.436. The molecule has 0 aliphatic heterocycles. The van der Waals surface area contributed by atoms with Crippen molar-refractivity contribution in [2.45, 2.75) is 12.7 Å². The minimum Gasteiger partial charge on any atom is -0.479 e. The van der Waals surface area contributed by atoms with Crippen molar-refractivity contribution in [1.82, 2.24) is 0 Å². The first-order valence-electron chi connectivity index (χ1n) is 3.86. The summed E-state index contributed by atoms with van der Waals surface area (Å²) in [5, 5.41) is 26.2. The number of aliphatic carboxylic acids is 1. The molecule has 3 N–H and O–H groups in total. The van der Waals surface area contributed by atoms with Crippen LogP contribution in [0, 0.1) is 5.82 Å². The van der Waals surface area contributed by atoms with Crippen molar-refractivity contribution in [2.24, 2.45) is 0 Å². The summed E-state index contributed by atoms with van der Waals surface area (Å²) in [5.41, 5.74) is 0.00532. The third-order valence-corrected chi connectivity index (χ3v) is 1.77. The highest BCUT2D eigenvalue weighted by atomic mass is 19.1. The maximum Gasteiger partial charge on any atom is 0.337 e. The number of carbonyl (C=O) groups is 1. The van der Waals surface area contributed by atoms with Crippen LogP contribution in [0.3, 0.4) is 0 Å². The predicted molar refractivity (Wildman–Crippen MR) is 44.9 cm³/mol. The third kappa shape index (κ3) is 2.07. The molecule has 0 saturated heterocycles. The number of rotatable bonds is 3. The van der Waals surface area contributed by atoms with E-state index < -0.39 is 17.9 Å². The number of hydrogen-bond acceptors (Lipinski definition) is 3. The Balaban J connectivity index is 3.11. The van der Waals surface area contributed by atoms with Gasteiger partial charge in [-0.25, -0.2) is 9.18 Å². The summed E-state index contributed by atoms with van der Waals surface area (Å²) >= 11 is 0. The number of aliphatic hydroxyl groups excluding tert-OH is 2. The molecule has 0 heterocycles. The average Bonchev–Trinajstić information content (AvgIpc) is 2.17. The van der Waals surface area contributed by atoms with E-state index in [9.17, 15) is 9.18 Å². The largest absolute Gasteiger partial charge is 0.479 e. The van der Waals surface area contributed by atoms with Crippen LogP contribution in [0.25, 0.3) is 0 Å². The van der Waals surface area contributed by atoms with Gasteiger partial charge >= 0.3 is 5.97 Å². The number of hydrogen-bond donors (Lipinski definition) is 3. The van der Waals surface area contributed by atoms with Crippen molar-refractivity contribution in [2.75, 3.05) is 0 Å². The van der Waals surface area contributed by atoms with Gasteiger partial charge in [0.05, 0.1) is 6.61 Å². The molecule has 0 amide bonds. The van der Waals surface area contributed by atoms with Gasteiger partial charge in [-0.15, -0.1) is 0 Å². The van der Waals surface area contributed by atoms with Crippen molar-refractivity contribution in [3.63, 3.8) is 0 Å². The molecule has 14 heavy (non-hydrogen) atoms. The van der Waals surface area contributed by atoms with Crippen LogP contribution < -0.4 is 0 Å². The van der Waals surface area contributed by atoms with E-state index >= 15 is 0 Å². The van der Waals surface area contributed by atoms with Crippen LogP contribution in [0.1, 0.15) is 17.2 Å². The third-order valence-electron chi connectivity index (χ3n) is 1.77. The van der Waals surface area contributed by atoms with Gasteiger partial charge < -0.3 is 15.3 Å². The highest BCUT2D eigenvalue weighted by Crippen LogP contribution is 2.18. The number of carboxylic acids is 1. The van der Waals surface area contributed by atoms with Crippen LogP contribution in [0.5, 0.6) is 0 Å². The van der Waals surface area contributed by atoms with Gasteiger partial charge in [0.2, 0.25) is 0 Å². The first kappa shape index (κ1) is 10.6. The average molecular weight is 200 g/mol. The molecular formula is C9H9FO4. The van der Waals surface area contributed by atoms with Crippen LogP contribution in [-0.4, -0.2) is 21.3 Å². The van der Waals surface area contributed by atoms with Gasteiger partial charge in [-0.1, -0.05) is 6.07 Å². The summed E-state index contributed by atoms with van der Waals surface area (Å²) in [6.07, 6.45) is -1.90. The Labute approximate surface area is 79.2 Å². The summed E-state index contributed by atoms with van der Waals surface area (Å²) in [6, 6.07) is 3.44. The van der Waals surface area contributed by atoms with Crippen molar-refractivity contribution in [3.05, 3.63) is 35.1 Å². The molecule has 0 fully saturated rings. The van der Waals surface area contributed by atoms with Crippen molar-refractivity contribution < 1.29 is 24.5 Å². The summed E-state index contributed by atoms with van der Waals surface area (Å²) in [4.78, 5) is 10.4. The molecular weight excluding hydrogens is 191 g/mol. The molecule has 5 heteroatoms. The van der Waals surface area contributed by atoms with Gasteiger partial charge in [-0.3, -0.25) is 0 Å². The SMILES string of the molecule is O=C(O)C(O)c1cc(CO)ccc1F. The number of aliphatic hydroxyl groups is 2. The molecule has 0 bridgehead atoms. The minimum atomic E-state index is -1.90. The molecule has 0 saturated carbocycles. The van der Waals surface area contributed by atoms with Gasteiger partial charge in [0.1, 0.15) is 5.82 Å². The maximum absolute atomic E-state index is 13.0.